The molecule has 0 radical (unpaired) electrons. The Hall–Kier alpha value is -1.32. The minimum absolute atomic E-state index is 0.239. The number of hydrogen-bond donors (Lipinski definition) is 0. The van der Waals surface area contributed by atoms with Gasteiger partial charge in [-0.15, -0.1) is 0 Å². The smallest absolute Gasteiger partial charge is 0.373 e. The Morgan fingerprint density at radius 1 is 1.31 bits per heavy atom. The second-order valence-electron chi connectivity index (χ2n) is 2.37. The molecule has 0 fully saturated rings. The molecule has 0 aliphatic heterocycles. The van der Waals surface area contributed by atoms with E-state index >= 15 is 0 Å². The molecule has 0 rings (SSSR count). The SMILES string of the molecule is C=C(OC(=O)CCC)C(=O)OCC. The second-order valence-corrected chi connectivity index (χ2v) is 2.37. The summed E-state index contributed by atoms with van der Waals surface area (Å²) in [7, 11) is 0. The van der Waals surface area contributed by atoms with Crippen LogP contribution in [-0.4, -0.2) is 18.5 Å². The van der Waals surface area contributed by atoms with E-state index in [1.807, 2.05) is 6.92 Å². The van der Waals surface area contributed by atoms with Crippen molar-refractivity contribution in [2.45, 2.75) is 26.7 Å². The fraction of sp³-hybridized carbons (Fsp3) is 0.556. The Morgan fingerprint density at radius 3 is 2.38 bits per heavy atom. The lowest BCUT2D eigenvalue weighted by Gasteiger charge is -2.05. The van der Waals surface area contributed by atoms with Gasteiger partial charge in [-0.25, -0.2) is 4.79 Å². The molecule has 0 spiro atoms. The summed E-state index contributed by atoms with van der Waals surface area (Å²) in [5.41, 5.74) is 0. The van der Waals surface area contributed by atoms with Crippen molar-refractivity contribution in [3.8, 4) is 0 Å². The molecular formula is C9H14O4. The third kappa shape index (κ3) is 5.00. The molecule has 0 aromatic heterocycles. The van der Waals surface area contributed by atoms with E-state index in [1.54, 1.807) is 6.92 Å². The average Bonchev–Trinajstić information content (AvgIpc) is 2.05. The van der Waals surface area contributed by atoms with Crippen LogP contribution in [0.5, 0.6) is 0 Å². The lowest BCUT2D eigenvalue weighted by Crippen LogP contribution is -2.13. The highest BCUT2D eigenvalue weighted by molar-refractivity contribution is 5.88. The third-order valence-electron chi connectivity index (χ3n) is 1.19. The molecule has 0 amide bonds. The minimum Gasteiger partial charge on any atom is -0.460 e. The van der Waals surface area contributed by atoms with Gasteiger partial charge in [0.2, 0.25) is 5.76 Å². The van der Waals surface area contributed by atoms with Crippen LogP contribution in [0.4, 0.5) is 0 Å². The first-order chi connectivity index (χ1) is 6.11. The first kappa shape index (κ1) is 11.7. The lowest BCUT2D eigenvalue weighted by molar-refractivity contribution is -0.151. The van der Waals surface area contributed by atoms with Gasteiger partial charge in [0.05, 0.1) is 6.61 Å². The zero-order valence-electron chi connectivity index (χ0n) is 7.96. The van der Waals surface area contributed by atoms with Gasteiger partial charge < -0.3 is 9.47 Å². The third-order valence-corrected chi connectivity index (χ3v) is 1.19. The standard InChI is InChI=1S/C9H14O4/c1-4-6-8(10)13-7(3)9(11)12-5-2/h3-6H2,1-2H3. The van der Waals surface area contributed by atoms with Crippen molar-refractivity contribution in [3.05, 3.63) is 12.3 Å². The molecule has 0 aromatic rings. The summed E-state index contributed by atoms with van der Waals surface area (Å²) < 4.78 is 9.16. The van der Waals surface area contributed by atoms with Gasteiger partial charge in [0.15, 0.2) is 0 Å². The van der Waals surface area contributed by atoms with Gasteiger partial charge >= 0.3 is 11.9 Å². The van der Waals surface area contributed by atoms with E-state index in [9.17, 15) is 9.59 Å². The molecule has 0 N–H and O–H groups in total. The number of carbonyl (C=O) groups excluding carboxylic acids is 2. The van der Waals surface area contributed by atoms with Gasteiger partial charge in [-0.3, -0.25) is 4.79 Å². The van der Waals surface area contributed by atoms with E-state index < -0.39 is 11.9 Å². The van der Waals surface area contributed by atoms with Crippen molar-refractivity contribution < 1.29 is 19.1 Å². The molecule has 0 unspecified atom stereocenters. The maximum atomic E-state index is 10.9. The summed E-state index contributed by atoms with van der Waals surface area (Å²) in [6.07, 6.45) is 0.952. The zero-order chi connectivity index (χ0) is 10.3. The first-order valence-corrected chi connectivity index (χ1v) is 4.18. The van der Waals surface area contributed by atoms with E-state index in [2.05, 4.69) is 16.1 Å². The van der Waals surface area contributed by atoms with Gasteiger partial charge in [0.1, 0.15) is 0 Å². The molecule has 0 aromatic carbocycles. The van der Waals surface area contributed by atoms with Crippen LogP contribution < -0.4 is 0 Å². The van der Waals surface area contributed by atoms with Crippen LogP contribution in [0.2, 0.25) is 0 Å². The lowest BCUT2D eigenvalue weighted by atomic mass is 10.3. The molecular weight excluding hydrogens is 172 g/mol. The Bertz CT molecular complexity index is 208. The second kappa shape index (κ2) is 6.22. The van der Waals surface area contributed by atoms with Crippen LogP contribution in [0.3, 0.4) is 0 Å². The first-order valence-electron chi connectivity index (χ1n) is 4.18. The van der Waals surface area contributed by atoms with Gasteiger partial charge in [-0.05, 0) is 19.9 Å². The summed E-state index contributed by atoms with van der Waals surface area (Å²) in [5, 5.41) is 0. The van der Waals surface area contributed by atoms with Gasteiger partial charge in [0, 0.05) is 6.42 Å². The van der Waals surface area contributed by atoms with Crippen molar-refractivity contribution in [3.63, 3.8) is 0 Å². The van der Waals surface area contributed by atoms with Crippen molar-refractivity contribution in [1.29, 1.82) is 0 Å². The summed E-state index contributed by atoms with van der Waals surface area (Å²) in [4.78, 5) is 21.8. The monoisotopic (exact) mass is 186 g/mol. The van der Waals surface area contributed by atoms with Crippen LogP contribution in [0, 0.1) is 0 Å². The maximum absolute atomic E-state index is 10.9. The molecule has 0 aliphatic rings. The van der Waals surface area contributed by atoms with Crippen molar-refractivity contribution in [2.24, 2.45) is 0 Å². The molecule has 0 saturated heterocycles. The van der Waals surface area contributed by atoms with E-state index in [1.165, 1.54) is 0 Å². The summed E-state index contributed by atoms with van der Waals surface area (Å²) >= 11 is 0. The maximum Gasteiger partial charge on any atom is 0.373 e. The van der Waals surface area contributed by atoms with Crippen LogP contribution in [0.1, 0.15) is 26.7 Å². The van der Waals surface area contributed by atoms with E-state index in [4.69, 9.17) is 0 Å². The summed E-state index contributed by atoms with van der Waals surface area (Å²) in [6, 6.07) is 0. The highest BCUT2D eigenvalue weighted by Crippen LogP contribution is 2.01. The van der Waals surface area contributed by atoms with Crippen molar-refractivity contribution in [2.75, 3.05) is 6.61 Å². The average molecular weight is 186 g/mol. The molecule has 0 atom stereocenters. The molecule has 4 heteroatoms. The van der Waals surface area contributed by atoms with Crippen LogP contribution in [0.15, 0.2) is 12.3 Å². The number of carbonyl (C=O) groups is 2. The molecule has 13 heavy (non-hydrogen) atoms. The minimum atomic E-state index is -0.688. The Labute approximate surface area is 77.5 Å². The molecule has 0 aliphatic carbocycles. The predicted molar refractivity (Wildman–Crippen MR) is 46.8 cm³/mol. The normalized spacial score (nSPS) is 9.08. The molecule has 74 valence electrons. The number of esters is 2. The van der Waals surface area contributed by atoms with Crippen molar-refractivity contribution in [1.82, 2.24) is 0 Å². The molecule has 4 nitrogen and oxygen atoms in total. The number of rotatable bonds is 5. The number of hydrogen-bond acceptors (Lipinski definition) is 4. The zero-order valence-corrected chi connectivity index (χ0v) is 7.96. The quantitative estimate of drug-likeness (QED) is 0.370. The Morgan fingerprint density at radius 2 is 1.92 bits per heavy atom. The topological polar surface area (TPSA) is 52.6 Å². The van der Waals surface area contributed by atoms with E-state index in [0.717, 1.165) is 0 Å². The van der Waals surface area contributed by atoms with Crippen LogP contribution >= 0.6 is 0 Å². The molecule has 0 bridgehead atoms. The van der Waals surface area contributed by atoms with Crippen LogP contribution in [-0.2, 0) is 19.1 Å². The van der Waals surface area contributed by atoms with E-state index in [-0.39, 0.29) is 18.8 Å². The van der Waals surface area contributed by atoms with Gasteiger partial charge in [-0.1, -0.05) is 6.92 Å². The highest BCUT2D eigenvalue weighted by Gasteiger charge is 2.12. The van der Waals surface area contributed by atoms with Gasteiger partial charge in [0.25, 0.3) is 0 Å². The highest BCUT2D eigenvalue weighted by atomic mass is 16.6. The fourth-order valence-corrected chi connectivity index (χ4v) is 0.646. The van der Waals surface area contributed by atoms with E-state index in [0.29, 0.717) is 6.42 Å². The summed E-state index contributed by atoms with van der Waals surface area (Å²) in [6.45, 7) is 7.02. The Kier molecular flexibility index (Phi) is 5.59. The Balaban J connectivity index is 3.86. The predicted octanol–water partition coefficient (Wildman–Crippen LogP) is 1.41. The fourth-order valence-electron chi connectivity index (χ4n) is 0.646. The largest absolute Gasteiger partial charge is 0.460 e. The molecule has 0 heterocycles. The summed E-state index contributed by atoms with van der Waals surface area (Å²) in [5.74, 6) is -1.40. The molecule has 0 saturated carbocycles. The number of ether oxygens (including phenoxy) is 2. The van der Waals surface area contributed by atoms with Crippen molar-refractivity contribution >= 4 is 11.9 Å². The van der Waals surface area contributed by atoms with Crippen LogP contribution in [0.25, 0.3) is 0 Å². The van der Waals surface area contributed by atoms with Gasteiger partial charge in [-0.2, -0.15) is 0 Å².